The fourth-order valence-electron chi connectivity index (χ4n) is 2.18. The Bertz CT molecular complexity index is 771. The highest BCUT2D eigenvalue weighted by molar-refractivity contribution is 8.18. The van der Waals surface area contributed by atoms with E-state index in [4.69, 9.17) is 4.74 Å². The van der Waals surface area contributed by atoms with Crippen molar-refractivity contribution in [3.8, 4) is 5.75 Å². The van der Waals surface area contributed by atoms with Crippen LogP contribution in [0, 0.1) is 0 Å². The highest BCUT2D eigenvalue weighted by Crippen LogP contribution is 2.26. The van der Waals surface area contributed by atoms with Gasteiger partial charge in [0.2, 0.25) is 0 Å². The molecule has 5 nitrogen and oxygen atoms in total. The van der Waals surface area contributed by atoms with E-state index in [1.807, 2.05) is 30.3 Å². The molecule has 1 heterocycles. The Kier molecular flexibility index (Phi) is 4.98. The molecule has 2 amide bonds. The Morgan fingerprint density at radius 3 is 2.42 bits per heavy atom. The number of amides is 2. The molecule has 0 spiro atoms. The molecular weight excluding hydrogens is 326 g/mol. The molecule has 122 valence electrons. The quantitative estimate of drug-likeness (QED) is 0.817. The van der Waals surface area contributed by atoms with Gasteiger partial charge < -0.3 is 9.84 Å². The second-order valence-electron chi connectivity index (χ2n) is 5.16. The van der Waals surface area contributed by atoms with Crippen LogP contribution >= 0.6 is 11.8 Å². The lowest BCUT2D eigenvalue weighted by Gasteiger charge is -2.12. The first-order valence-electron chi connectivity index (χ1n) is 7.32. The zero-order valence-corrected chi connectivity index (χ0v) is 13.5. The maximum Gasteiger partial charge on any atom is 0.290 e. The lowest BCUT2D eigenvalue weighted by atomic mass is 10.1. The van der Waals surface area contributed by atoms with Gasteiger partial charge in [-0.25, -0.2) is 0 Å². The van der Waals surface area contributed by atoms with Crippen LogP contribution in [-0.4, -0.2) is 22.9 Å². The number of aliphatic hydroxyl groups excluding tert-OH is 1. The predicted octanol–water partition coefficient (Wildman–Crippen LogP) is 3.12. The standard InChI is InChI=1S/C18H15NO4S/c20-15(13-4-2-1-3-5-13)11-23-14-8-6-12(7-9-14)10-16-17(21)19-18(22)24-16/h1-10,15,20H,11H2,(H,19,21,22). The number of benzene rings is 2. The van der Waals surface area contributed by atoms with Crippen LogP contribution in [0.1, 0.15) is 17.2 Å². The van der Waals surface area contributed by atoms with Gasteiger partial charge in [0.25, 0.3) is 11.1 Å². The van der Waals surface area contributed by atoms with Crippen molar-refractivity contribution in [3.63, 3.8) is 0 Å². The van der Waals surface area contributed by atoms with Gasteiger partial charge >= 0.3 is 0 Å². The number of aliphatic hydroxyl groups is 1. The van der Waals surface area contributed by atoms with Gasteiger partial charge in [-0.05, 0) is 41.1 Å². The number of nitrogens with one attached hydrogen (secondary N) is 1. The molecule has 1 aliphatic heterocycles. The largest absolute Gasteiger partial charge is 0.491 e. The number of imide groups is 1. The maximum absolute atomic E-state index is 11.5. The Labute approximate surface area is 143 Å². The number of hydrogen-bond acceptors (Lipinski definition) is 5. The molecule has 2 N–H and O–H groups in total. The summed E-state index contributed by atoms with van der Waals surface area (Å²) in [5.41, 5.74) is 1.59. The molecule has 1 atom stereocenters. The summed E-state index contributed by atoms with van der Waals surface area (Å²) in [5, 5.41) is 11.9. The summed E-state index contributed by atoms with van der Waals surface area (Å²) in [4.78, 5) is 23.0. The maximum atomic E-state index is 11.5. The number of carbonyl (C=O) groups excluding carboxylic acids is 2. The topological polar surface area (TPSA) is 75.6 Å². The summed E-state index contributed by atoms with van der Waals surface area (Å²) in [6.45, 7) is 0.150. The Balaban J connectivity index is 1.60. The molecule has 1 aliphatic rings. The van der Waals surface area contributed by atoms with Gasteiger partial charge in [0, 0.05) is 0 Å². The number of hydrogen-bond donors (Lipinski definition) is 2. The van der Waals surface area contributed by atoms with Gasteiger partial charge in [0.05, 0.1) is 4.91 Å². The third-order valence-corrected chi connectivity index (χ3v) is 4.22. The first-order valence-corrected chi connectivity index (χ1v) is 8.14. The zero-order valence-electron chi connectivity index (χ0n) is 12.6. The van der Waals surface area contributed by atoms with Crippen molar-refractivity contribution in [1.29, 1.82) is 0 Å². The second kappa shape index (κ2) is 7.33. The van der Waals surface area contributed by atoms with Crippen LogP contribution in [0.4, 0.5) is 4.79 Å². The minimum absolute atomic E-state index is 0.150. The fraction of sp³-hybridized carbons (Fsp3) is 0.111. The van der Waals surface area contributed by atoms with Crippen LogP contribution in [0.5, 0.6) is 5.75 Å². The third-order valence-electron chi connectivity index (χ3n) is 3.41. The minimum Gasteiger partial charge on any atom is -0.491 e. The van der Waals surface area contributed by atoms with Crippen LogP contribution in [0.25, 0.3) is 6.08 Å². The van der Waals surface area contributed by atoms with E-state index in [1.54, 1.807) is 30.3 Å². The van der Waals surface area contributed by atoms with E-state index in [0.29, 0.717) is 10.7 Å². The average molecular weight is 341 g/mol. The Morgan fingerprint density at radius 1 is 1.08 bits per heavy atom. The van der Waals surface area contributed by atoms with Crippen LogP contribution in [-0.2, 0) is 4.79 Å². The molecule has 1 unspecified atom stereocenters. The molecule has 24 heavy (non-hydrogen) atoms. The summed E-state index contributed by atoms with van der Waals surface area (Å²) in [6, 6.07) is 16.4. The molecule has 6 heteroatoms. The van der Waals surface area contributed by atoms with Crippen LogP contribution in [0.2, 0.25) is 0 Å². The molecule has 3 rings (SSSR count). The monoisotopic (exact) mass is 341 g/mol. The predicted molar refractivity (Wildman–Crippen MR) is 92.4 cm³/mol. The Hall–Kier alpha value is -2.57. The fourth-order valence-corrected chi connectivity index (χ4v) is 2.86. The molecule has 0 aliphatic carbocycles. The molecule has 2 aromatic carbocycles. The second-order valence-corrected chi connectivity index (χ2v) is 6.17. The van der Waals surface area contributed by atoms with E-state index in [1.165, 1.54) is 0 Å². The summed E-state index contributed by atoms with van der Waals surface area (Å²) in [5.74, 6) is 0.239. The van der Waals surface area contributed by atoms with Gasteiger partial charge in [-0.15, -0.1) is 0 Å². The van der Waals surface area contributed by atoms with Gasteiger partial charge in [0.1, 0.15) is 18.5 Å². The first-order chi connectivity index (χ1) is 11.6. The van der Waals surface area contributed by atoms with Gasteiger partial charge in [-0.3, -0.25) is 14.9 Å². The van der Waals surface area contributed by atoms with Crippen molar-refractivity contribution in [3.05, 3.63) is 70.6 Å². The molecule has 0 aromatic heterocycles. The van der Waals surface area contributed by atoms with Gasteiger partial charge in [-0.1, -0.05) is 42.5 Å². The highest BCUT2D eigenvalue weighted by atomic mass is 32.2. The van der Waals surface area contributed by atoms with Crippen LogP contribution in [0.3, 0.4) is 0 Å². The Morgan fingerprint density at radius 2 is 1.79 bits per heavy atom. The van der Waals surface area contributed by atoms with E-state index >= 15 is 0 Å². The molecule has 0 radical (unpaired) electrons. The average Bonchev–Trinajstić information content (AvgIpc) is 2.92. The highest BCUT2D eigenvalue weighted by Gasteiger charge is 2.24. The van der Waals surface area contributed by atoms with Crippen LogP contribution in [0.15, 0.2) is 59.5 Å². The summed E-state index contributed by atoms with van der Waals surface area (Å²) in [6.07, 6.45) is 0.950. The lowest BCUT2D eigenvalue weighted by Crippen LogP contribution is -2.17. The minimum atomic E-state index is -0.697. The zero-order chi connectivity index (χ0) is 16.9. The van der Waals surface area contributed by atoms with E-state index < -0.39 is 6.10 Å². The van der Waals surface area contributed by atoms with E-state index in [-0.39, 0.29) is 17.8 Å². The summed E-state index contributed by atoms with van der Waals surface area (Å²) in [7, 11) is 0. The smallest absolute Gasteiger partial charge is 0.290 e. The van der Waals surface area contributed by atoms with Crippen LogP contribution < -0.4 is 10.1 Å². The molecular formula is C18H15NO4S. The molecule has 1 saturated heterocycles. The SMILES string of the molecule is O=C1NC(=O)C(=Cc2ccc(OCC(O)c3ccccc3)cc2)S1. The van der Waals surface area contributed by atoms with Crippen molar-refractivity contribution in [2.75, 3.05) is 6.61 Å². The third kappa shape index (κ3) is 4.04. The number of ether oxygens (including phenoxy) is 1. The summed E-state index contributed by atoms with van der Waals surface area (Å²) < 4.78 is 5.58. The van der Waals surface area contributed by atoms with Crippen molar-refractivity contribution >= 4 is 29.0 Å². The summed E-state index contributed by atoms with van der Waals surface area (Å²) >= 11 is 0.882. The van der Waals surface area contributed by atoms with Gasteiger partial charge in [0.15, 0.2) is 0 Å². The number of rotatable bonds is 5. The molecule has 0 saturated carbocycles. The van der Waals surface area contributed by atoms with E-state index in [9.17, 15) is 14.7 Å². The number of thioether (sulfide) groups is 1. The number of carbonyl (C=O) groups is 2. The van der Waals surface area contributed by atoms with Crippen molar-refractivity contribution in [2.24, 2.45) is 0 Å². The van der Waals surface area contributed by atoms with E-state index in [2.05, 4.69) is 5.32 Å². The lowest BCUT2D eigenvalue weighted by molar-refractivity contribution is -0.115. The van der Waals surface area contributed by atoms with Gasteiger partial charge in [-0.2, -0.15) is 0 Å². The molecule has 0 bridgehead atoms. The molecule has 1 fully saturated rings. The van der Waals surface area contributed by atoms with E-state index in [0.717, 1.165) is 22.9 Å². The normalized spacial score (nSPS) is 17.0. The van der Waals surface area contributed by atoms with Crippen molar-refractivity contribution < 1.29 is 19.4 Å². The van der Waals surface area contributed by atoms with Crippen molar-refractivity contribution in [1.82, 2.24) is 5.32 Å². The molecule has 2 aromatic rings. The first kappa shape index (κ1) is 16.3. The van der Waals surface area contributed by atoms with Crippen molar-refractivity contribution in [2.45, 2.75) is 6.10 Å².